The van der Waals surface area contributed by atoms with Gasteiger partial charge in [0.05, 0.1) is 0 Å². The Labute approximate surface area is 262 Å². The summed E-state index contributed by atoms with van der Waals surface area (Å²) in [6, 6.07) is 8.33. The maximum absolute atomic E-state index is 10.6. The van der Waals surface area contributed by atoms with Gasteiger partial charge < -0.3 is 30.0 Å². The van der Waals surface area contributed by atoms with E-state index in [2.05, 4.69) is 63.7 Å². The van der Waals surface area contributed by atoms with Crippen LogP contribution in [0.15, 0.2) is 34.3 Å². The minimum atomic E-state index is -1.08. The Hall–Kier alpha value is -3.17. The van der Waals surface area contributed by atoms with Crippen LogP contribution in [0.3, 0.4) is 0 Å². The monoisotopic (exact) mass is 627 g/mol. The molecular weight excluding hydrogens is 579 g/mol. The summed E-state index contributed by atoms with van der Waals surface area (Å²) in [6.45, 7) is 16.0. The predicted octanol–water partition coefficient (Wildman–Crippen LogP) is 4.69. The van der Waals surface area contributed by atoms with Crippen LogP contribution in [0.4, 0.5) is 0 Å². The van der Waals surface area contributed by atoms with E-state index in [-0.39, 0.29) is 28.6 Å². The number of carbonyl (C=O) groups excluding carboxylic acids is 2. The molecule has 0 bridgehead atoms. The second kappa shape index (κ2) is 22.4. The first kappa shape index (κ1) is 41.0. The molecule has 0 aliphatic heterocycles. The molecule has 9 heteroatoms. The van der Waals surface area contributed by atoms with Gasteiger partial charge in [-0.1, -0.05) is 66.5 Å². The minimum Gasteiger partial charge on any atom is -0.550 e. The summed E-state index contributed by atoms with van der Waals surface area (Å²) in [5.41, 5.74) is 6.06. The van der Waals surface area contributed by atoms with E-state index in [1.54, 1.807) is 12.4 Å². The number of aliphatic carboxylic acids is 2. The number of carboxylic acid groups (broad SMARTS) is 2. The second-order valence-electron chi connectivity index (χ2n) is 10.5. The van der Waals surface area contributed by atoms with Crippen molar-refractivity contribution in [1.29, 1.82) is 0 Å². The maximum Gasteiger partial charge on any atom is 2.00 e. The number of rotatable bonds is 12. The third-order valence-electron chi connectivity index (χ3n) is 5.81. The van der Waals surface area contributed by atoms with Crippen molar-refractivity contribution in [2.45, 2.75) is 99.3 Å². The molecule has 2 aromatic rings. The normalized spacial score (nSPS) is 10.7. The first-order valence-corrected chi connectivity index (χ1v) is 14.3. The molecule has 0 aliphatic rings. The molecule has 0 atom stereocenters. The number of phenols is 2. The molecule has 0 aromatic heterocycles. The maximum atomic E-state index is 10.6. The van der Waals surface area contributed by atoms with E-state index >= 15 is 0 Å². The van der Waals surface area contributed by atoms with Crippen molar-refractivity contribution in [3.8, 4) is 11.5 Å². The van der Waals surface area contributed by atoms with Crippen molar-refractivity contribution in [3.63, 3.8) is 0 Å². The van der Waals surface area contributed by atoms with E-state index in [9.17, 15) is 10.2 Å². The van der Waals surface area contributed by atoms with Gasteiger partial charge in [0.2, 0.25) is 0 Å². The van der Waals surface area contributed by atoms with Gasteiger partial charge in [-0.15, -0.1) is 0 Å². The van der Waals surface area contributed by atoms with E-state index in [1.165, 1.54) is 11.1 Å². The molecule has 0 saturated heterocycles. The number of benzene rings is 2. The fourth-order valence-corrected chi connectivity index (χ4v) is 4.01. The molecule has 8 nitrogen and oxygen atoms in total. The number of phenolic OH excluding ortho intramolecular Hbond substituents is 2. The van der Waals surface area contributed by atoms with Crippen LogP contribution in [-0.2, 0) is 39.2 Å². The molecule has 2 N–H and O–H groups in total. The van der Waals surface area contributed by atoms with Crippen LogP contribution < -0.4 is 10.2 Å². The predicted molar refractivity (Wildman–Crippen MR) is 163 cm³/mol. The van der Waals surface area contributed by atoms with Gasteiger partial charge in [0.1, 0.15) is 11.5 Å². The third-order valence-corrected chi connectivity index (χ3v) is 5.81. The Morgan fingerprint density at radius 3 is 1.31 bits per heavy atom. The zero-order chi connectivity index (χ0) is 31.5. The molecule has 0 amide bonds. The van der Waals surface area contributed by atoms with Crippen LogP contribution in [0.2, 0.25) is 0 Å². The largest absolute Gasteiger partial charge is 2.00 e. The van der Waals surface area contributed by atoms with Crippen molar-refractivity contribution in [3.05, 3.63) is 57.6 Å². The number of hydrogen-bond donors (Lipinski definition) is 2. The second-order valence-corrected chi connectivity index (χ2v) is 10.5. The Balaban J connectivity index is 0. The van der Waals surface area contributed by atoms with Gasteiger partial charge in [-0.3, -0.25) is 9.98 Å². The van der Waals surface area contributed by atoms with Crippen molar-refractivity contribution in [2.75, 3.05) is 13.1 Å². The van der Waals surface area contributed by atoms with Crippen molar-refractivity contribution in [1.82, 2.24) is 0 Å². The van der Waals surface area contributed by atoms with Crippen LogP contribution in [0.5, 0.6) is 11.5 Å². The average Bonchev–Trinajstić information content (AvgIpc) is 2.85. The Bertz CT molecular complexity index is 1060. The first-order chi connectivity index (χ1) is 19.2. The van der Waals surface area contributed by atoms with E-state index < -0.39 is 11.9 Å². The summed E-state index contributed by atoms with van der Waals surface area (Å²) >= 11 is 0. The fraction of sp³-hybridized carbons (Fsp3) is 0.515. The summed E-state index contributed by atoms with van der Waals surface area (Å²) < 4.78 is 0. The summed E-state index contributed by atoms with van der Waals surface area (Å²) in [5, 5.41) is 39.0. The molecule has 2 aromatic carbocycles. The summed E-state index contributed by atoms with van der Waals surface area (Å²) in [5.74, 6) is -0.941. The van der Waals surface area contributed by atoms with Gasteiger partial charge in [0.15, 0.2) is 0 Å². The topological polar surface area (TPSA) is 145 Å². The number of carboxylic acids is 2. The first-order valence-electron chi connectivity index (χ1n) is 14.3. The molecule has 0 fully saturated rings. The van der Waals surface area contributed by atoms with Gasteiger partial charge in [-0.25, -0.2) is 0 Å². The van der Waals surface area contributed by atoms with E-state index in [0.29, 0.717) is 24.6 Å². The zero-order valence-corrected chi connectivity index (χ0v) is 27.4. The van der Waals surface area contributed by atoms with Gasteiger partial charge in [-0.2, -0.15) is 0 Å². The molecule has 0 unspecified atom stereocenters. The fourth-order valence-electron chi connectivity index (χ4n) is 4.01. The van der Waals surface area contributed by atoms with Gasteiger partial charge in [0.25, 0.3) is 0 Å². The Morgan fingerprint density at radius 1 is 0.738 bits per heavy atom. The van der Waals surface area contributed by atoms with Gasteiger partial charge in [-0.05, 0) is 79.3 Å². The Kier molecular flexibility index (Phi) is 21.9. The smallest absolute Gasteiger partial charge is 0.550 e. The molecule has 42 heavy (non-hydrogen) atoms. The molecule has 0 aliphatic carbocycles. The summed E-state index contributed by atoms with van der Waals surface area (Å²) in [7, 11) is 0. The molecule has 1 radical (unpaired) electrons. The third kappa shape index (κ3) is 16.9. The molecule has 235 valence electrons. The number of nitrogens with zero attached hydrogens (tertiary/aromatic N) is 2. The van der Waals surface area contributed by atoms with E-state index in [4.69, 9.17) is 19.8 Å². The average molecular weight is 628 g/mol. The number of aromatic hydroxyl groups is 2. The number of carbonyl (C=O) groups is 2. The minimum absolute atomic E-state index is 0. The van der Waals surface area contributed by atoms with E-state index in [1.807, 2.05) is 12.1 Å². The zero-order valence-electron chi connectivity index (χ0n) is 26.3. The number of hydrogen-bond acceptors (Lipinski definition) is 8. The van der Waals surface area contributed by atoms with E-state index in [0.717, 1.165) is 68.2 Å². The van der Waals surface area contributed by atoms with Crippen LogP contribution in [0.25, 0.3) is 0 Å². The molecule has 2 rings (SSSR count). The molecular formula is C33H48CoN2O6. The number of aliphatic imine (C=N–C) groups is 2. The van der Waals surface area contributed by atoms with Crippen molar-refractivity contribution >= 4 is 24.4 Å². The number of aryl methyl sites for hydroxylation is 2. The summed E-state index contributed by atoms with van der Waals surface area (Å²) in [4.78, 5) is 26.8. The van der Waals surface area contributed by atoms with Gasteiger partial charge >= 0.3 is 16.8 Å². The van der Waals surface area contributed by atoms with Crippen LogP contribution in [0.1, 0.15) is 120 Å². The SMILES string of the molecule is CC(=O)[O-].CC(=O)[O-].CCCc1cc(C=NCCCN=Cc2cc(CCC)cc(C(C)C)c2O)c(O)c(C(C)C)c1.[Co+2]. The van der Waals surface area contributed by atoms with Gasteiger partial charge in [0, 0.05) is 48.6 Å². The van der Waals surface area contributed by atoms with Crippen LogP contribution in [-0.4, -0.2) is 47.7 Å². The van der Waals surface area contributed by atoms with Crippen LogP contribution >= 0.6 is 0 Å². The summed E-state index contributed by atoms with van der Waals surface area (Å²) in [6.07, 6.45) is 8.55. The molecule has 0 saturated carbocycles. The van der Waals surface area contributed by atoms with Crippen molar-refractivity contribution in [2.24, 2.45) is 9.98 Å². The quantitative estimate of drug-likeness (QED) is 0.258. The molecule has 0 heterocycles. The van der Waals surface area contributed by atoms with Crippen molar-refractivity contribution < 1.29 is 46.8 Å². The standard InChI is InChI=1S/C29H42N2O2.2C2H4O2.Co/c1-7-10-22-14-24(28(32)26(16-22)20(3)4)18-30-12-9-13-31-19-25-15-23(11-8-2)17-27(21(5)6)29(25)33;2*1-2(3)4;/h14-21,32-33H,7-13H2,1-6H3;2*1H3,(H,3,4);/q;;;+2/p-2. The molecule has 0 spiro atoms. The van der Waals surface area contributed by atoms with Crippen LogP contribution in [0, 0.1) is 0 Å². The Morgan fingerprint density at radius 2 is 1.05 bits per heavy atom.